The summed E-state index contributed by atoms with van der Waals surface area (Å²) in [4.78, 5) is 1.59. The van der Waals surface area contributed by atoms with Gasteiger partial charge in [0.15, 0.2) is 0 Å². The van der Waals surface area contributed by atoms with E-state index in [4.69, 9.17) is 0 Å². The van der Waals surface area contributed by atoms with Crippen LogP contribution in [0.15, 0.2) is 41.3 Å². The Kier molecular flexibility index (Phi) is 7.91. The normalized spacial score (nSPS) is 11.8. The molecule has 0 aromatic heterocycles. The van der Waals surface area contributed by atoms with Crippen LogP contribution in [-0.4, -0.2) is 5.75 Å². The molecule has 0 spiro atoms. The van der Waals surface area contributed by atoms with Gasteiger partial charge < -0.3 is 0 Å². The van der Waals surface area contributed by atoms with Gasteiger partial charge in [0.25, 0.3) is 0 Å². The zero-order valence-corrected chi connectivity index (χ0v) is 11.9. The van der Waals surface area contributed by atoms with Crippen LogP contribution < -0.4 is 0 Å². The van der Waals surface area contributed by atoms with Gasteiger partial charge in [-0.3, -0.25) is 0 Å². The summed E-state index contributed by atoms with van der Waals surface area (Å²) in [6.07, 6.45) is 8.67. The fourth-order valence-electron chi connectivity index (χ4n) is 1.81. The summed E-state index contributed by atoms with van der Waals surface area (Å²) in [5.41, 5.74) is 1.44. The zero-order chi connectivity index (χ0) is 12.3. The Labute approximate surface area is 111 Å². The molecule has 0 amide bonds. The van der Waals surface area contributed by atoms with Crippen LogP contribution in [0.1, 0.15) is 45.1 Å². The first-order valence-corrected chi connectivity index (χ1v) is 7.71. The van der Waals surface area contributed by atoms with Crippen LogP contribution in [0, 0.1) is 0 Å². The number of hydrogen-bond donors (Lipinski definition) is 0. The maximum atomic E-state index is 2.44. The van der Waals surface area contributed by atoms with Crippen molar-refractivity contribution in [2.75, 3.05) is 5.75 Å². The monoisotopic (exact) mass is 248 g/mol. The van der Waals surface area contributed by atoms with Crippen molar-refractivity contribution in [3.63, 3.8) is 0 Å². The van der Waals surface area contributed by atoms with Crippen LogP contribution in [0.5, 0.6) is 0 Å². The molecule has 0 saturated carbocycles. The highest BCUT2D eigenvalue weighted by atomic mass is 32.2. The van der Waals surface area contributed by atoms with Crippen LogP contribution in [0.25, 0.3) is 0 Å². The Balaban J connectivity index is 2.37. The highest BCUT2D eigenvalue weighted by Crippen LogP contribution is 2.22. The smallest absolute Gasteiger partial charge is 0.00518 e. The summed E-state index contributed by atoms with van der Waals surface area (Å²) < 4.78 is 0. The van der Waals surface area contributed by atoms with E-state index in [0.29, 0.717) is 0 Å². The third kappa shape index (κ3) is 6.58. The quantitative estimate of drug-likeness (QED) is 0.590. The Hall–Kier alpha value is -0.690. The van der Waals surface area contributed by atoms with Crippen molar-refractivity contribution >= 4 is 11.8 Å². The molecule has 1 heteroatoms. The van der Waals surface area contributed by atoms with Gasteiger partial charge in [-0.2, -0.15) is 0 Å². The first kappa shape index (κ1) is 14.4. The molecule has 0 aliphatic heterocycles. The molecule has 0 nitrogen and oxygen atoms in total. The van der Waals surface area contributed by atoms with E-state index in [2.05, 4.69) is 50.3 Å². The third-order valence-electron chi connectivity index (χ3n) is 2.75. The van der Waals surface area contributed by atoms with Gasteiger partial charge in [0.1, 0.15) is 0 Å². The molecule has 0 heterocycles. The lowest BCUT2D eigenvalue weighted by atomic mass is 10.1. The van der Waals surface area contributed by atoms with E-state index in [1.54, 1.807) is 4.91 Å². The van der Waals surface area contributed by atoms with Gasteiger partial charge in [-0.25, -0.2) is 0 Å². The van der Waals surface area contributed by atoms with E-state index in [-0.39, 0.29) is 0 Å². The average molecular weight is 248 g/mol. The molecule has 0 fully saturated rings. The summed E-state index contributed by atoms with van der Waals surface area (Å²) in [6.45, 7) is 4.50. The highest BCUT2D eigenvalue weighted by Gasteiger charge is 1.97. The third-order valence-corrected chi connectivity index (χ3v) is 3.78. The summed E-state index contributed by atoms with van der Waals surface area (Å²) in [5, 5.41) is 0. The van der Waals surface area contributed by atoms with Crippen molar-refractivity contribution in [1.82, 2.24) is 0 Å². The molecule has 0 bridgehead atoms. The van der Waals surface area contributed by atoms with Gasteiger partial charge in [-0.15, -0.1) is 11.8 Å². The van der Waals surface area contributed by atoms with Crippen LogP contribution in [-0.2, 0) is 6.42 Å². The average Bonchev–Trinajstić information content (AvgIpc) is 2.37. The molecule has 94 valence electrons. The summed E-state index contributed by atoms with van der Waals surface area (Å²) in [5.74, 6) is 1.20. The van der Waals surface area contributed by atoms with Crippen molar-refractivity contribution in [1.29, 1.82) is 0 Å². The molecular weight excluding hydrogens is 224 g/mol. The van der Waals surface area contributed by atoms with Crippen molar-refractivity contribution in [3.8, 4) is 0 Å². The van der Waals surface area contributed by atoms with Gasteiger partial charge in [0.05, 0.1) is 0 Å². The fourth-order valence-corrected chi connectivity index (χ4v) is 2.71. The lowest BCUT2D eigenvalue weighted by Gasteiger charge is -2.05. The Morgan fingerprint density at radius 2 is 1.94 bits per heavy atom. The molecule has 0 saturated heterocycles. The second-order valence-electron chi connectivity index (χ2n) is 4.23. The van der Waals surface area contributed by atoms with Crippen molar-refractivity contribution < 1.29 is 0 Å². The Bertz CT molecular complexity index is 314. The second-order valence-corrected chi connectivity index (χ2v) is 5.62. The fraction of sp³-hybridized carbons (Fsp3) is 0.500. The minimum absolute atomic E-state index is 1.17. The number of benzene rings is 1. The Morgan fingerprint density at radius 1 is 1.18 bits per heavy atom. The number of thioether (sulfide) groups is 1. The van der Waals surface area contributed by atoms with Crippen molar-refractivity contribution in [2.24, 2.45) is 0 Å². The number of allylic oxidation sites excluding steroid dienone is 2. The molecule has 1 aromatic carbocycles. The molecule has 0 aliphatic carbocycles. The lowest BCUT2D eigenvalue weighted by Crippen LogP contribution is -1.85. The van der Waals surface area contributed by atoms with E-state index < -0.39 is 0 Å². The van der Waals surface area contributed by atoms with Crippen molar-refractivity contribution in [3.05, 3.63) is 46.9 Å². The topological polar surface area (TPSA) is 0 Å². The maximum Gasteiger partial charge on any atom is -0.00518 e. The number of rotatable bonds is 8. The van der Waals surface area contributed by atoms with Crippen LogP contribution in [0.4, 0.5) is 0 Å². The molecule has 0 radical (unpaired) electrons. The molecule has 0 unspecified atom stereocenters. The number of hydrogen-bond acceptors (Lipinski definition) is 1. The van der Waals surface area contributed by atoms with E-state index in [9.17, 15) is 0 Å². The van der Waals surface area contributed by atoms with E-state index >= 15 is 0 Å². The summed E-state index contributed by atoms with van der Waals surface area (Å²) in [7, 11) is 0. The largest absolute Gasteiger partial charge is 0.131 e. The minimum atomic E-state index is 1.17. The van der Waals surface area contributed by atoms with E-state index in [1.165, 1.54) is 43.4 Å². The first-order chi connectivity index (χ1) is 8.36. The standard InChI is InChI=1S/C16H24S/c1-3-5-13-16(17-4-2)14-9-12-15-10-7-6-8-11-15/h6-8,10-11,14H,3-5,9,12-13H2,1-2H3/b16-14+. The van der Waals surface area contributed by atoms with Gasteiger partial charge in [0.2, 0.25) is 0 Å². The van der Waals surface area contributed by atoms with Gasteiger partial charge >= 0.3 is 0 Å². The lowest BCUT2D eigenvalue weighted by molar-refractivity contribution is 0.804. The SMILES string of the molecule is CCCC/C(=C\CCc1ccccc1)SCC. The van der Waals surface area contributed by atoms with Crippen LogP contribution in [0.3, 0.4) is 0 Å². The molecule has 1 rings (SSSR count). The minimum Gasteiger partial charge on any atom is -0.131 e. The van der Waals surface area contributed by atoms with E-state index in [1.807, 2.05) is 11.8 Å². The molecule has 17 heavy (non-hydrogen) atoms. The maximum absolute atomic E-state index is 2.44. The molecular formula is C16H24S. The Morgan fingerprint density at radius 3 is 2.59 bits per heavy atom. The van der Waals surface area contributed by atoms with Gasteiger partial charge in [-0.05, 0) is 41.9 Å². The van der Waals surface area contributed by atoms with Gasteiger partial charge in [-0.1, -0.05) is 56.7 Å². The molecule has 1 aromatic rings. The van der Waals surface area contributed by atoms with E-state index in [0.717, 1.165) is 0 Å². The summed E-state index contributed by atoms with van der Waals surface area (Å²) in [6, 6.07) is 10.8. The van der Waals surface area contributed by atoms with Crippen LogP contribution in [0.2, 0.25) is 0 Å². The summed E-state index contributed by atoms with van der Waals surface area (Å²) >= 11 is 2.01. The molecule has 0 aliphatic rings. The van der Waals surface area contributed by atoms with Gasteiger partial charge in [0, 0.05) is 0 Å². The predicted octanol–water partition coefficient (Wildman–Crippen LogP) is 5.45. The molecule has 0 N–H and O–H groups in total. The predicted molar refractivity (Wildman–Crippen MR) is 80.5 cm³/mol. The first-order valence-electron chi connectivity index (χ1n) is 6.72. The number of aryl methyl sites for hydroxylation is 1. The second kappa shape index (κ2) is 9.35. The zero-order valence-electron chi connectivity index (χ0n) is 11.1. The van der Waals surface area contributed by atoms with Crippen LogP contribution >= 0.6 is 11.8 Å². The number of unbranched alkanes of at least 4 members (excludes halogenated alkanes) is 1. The van der Waals surface area contributed by atoms with Crippen molar-refractivity contribution in [2.45, 2.75) is 46.0 Å². The molecule has 0 atom stereocenters. The highest BCUT2D eigenvalue weighted by molar-refractivity contribution is 8.03.